The van der Waals surface area contributed by atoms with Gasteiger partial charge in [0.25, 0.3) is 0 Å². The first-order valence-electron chi connectivity index (χ1n) is 5.21. The predicted molar refractivity (Wildman–Crippen MR) is 54.0 cm³/mol. The summed E-state index contributed by atoms with van der Waals surface area (Å²) in [7, 11) is -2.74. The zero-order valence-corrected chi connectivity index (χ0v) is 9.05. The van der Waals surface area contributed by atoms with Crippen LogP contribution in [0.5, 0.6) is 0 Å². The molecule has 4 nitrogen and oxygen atoms in total. The van der Waals surface area contributed by atoms with Gasteiger partial charge in [-0.3, -0.25) is 0 Å². The van der Waals surface area contributed by atoms with Gasteiger partial charge in [-0.05, 0) is 19.3 Å². The smallest absolute Gasteiger partial charge is 0.151 e. The van der Waals surface area contributed by atoms with Crippen LogP contribution in [-0.4, -0.2) is 45.2 Å². The van der Waals surface area contributed by atoms with E-state index in [1.807, 2.05) is 0 Å². The van der Waals surface area contributed by atoms with Gasteiger partial charge >= 0.3 is 0 Å². The van der Waals surface area contributed by atoms with Crippen molar-refractivity contribution >= 4 is 9.84 Å². The Labute approximate surface area is 84.9 Å². The van der Waals surface area contributed by atoms with Crippen LogP contribution in [0.15, 0.2) is 0 Å². The van der Waals surface area contributed by atoms with E-state index < -0.39 is 9.84 Å². The largest absolute Gasteiger partial charge is 0.377 e. The van der Waals surface area contributed by atoms with Gasteiger partial charge in [-0.2, -0.15) is 0 Å². The van der Waals surface area contributed by atoms with Crippen LogP contribution in [0, 0.1) is 0 Å². The lowest BCUT2D eigenvalue weighted by molar-refractivity contribution is 0.108. The zero-order valence-electron chi connectivity index (χ0n) is 8.24. The molecule has 0 aromatic carbocycles. The average molecular weight is 219 g/mol. The first kappa shape index (κ1) is 10.4. The van der Waals surface area contributed by atoms with E-state index in [2.05, 4.69) is 5.32 Å². The fourth-order valence-corrected chi connectivity index (χ4v) is 3.77. The predicted octanol–water partition coefficient (Wildman–Crippen LogP) is -0.0579. The lowest BCUT2D eigenvalue weighted by Gasteiger charge is -2.14. The monoisotopic (exact) mass is 219 g/mol. The van der Waals surface area contributed by atoms with Crippen LogP contribution in [0.2, 0.25) is 0 Å². The minimum Gasteiger partial charge on any atom is -0.377 e. The summed E-state index contributed by atoms with van der Waals surface area (Å²) in [6, 6.07) is 0.157. The Morgan fingerprint density at radius 3 is 2.79 bits per heavy atom. The molecule has 2 aliphatic heterocycles. The van der Waals surface area contributed by atoms with Crippen molar-refractivity contribution in [1.82, 2.24) is 5.32 Å². The van der Waals surface area contributed by atoms with Gasteiger partial charge in [0.1, 0.15) is 0 Å². The van der Waals surface area contributed by atoms with Gasteiger partial charge in [0, 0.05) is 19.2 Å². The number of hydrogen-bond acceptors (Lipinski definition) is 4. The molecule has 0 aromatic rings. The molecule has 0 saturated carbocycles. The topological polar surface area (TPSA) is 55.4 Å². The van der Waals surface area contributed by atoms with E-state index >= 15 is 0 Å². The Kier molecular flexibility index (Phi) is 3.09. The van der Waals surface area contributed by atoms with Crippen molar-refractivity contribution < 1.29 is 13.2 Å². The molecule has 14 heavy (non-hydrogen) atoms. The van der Waals surface area contributed by atoms with E-state index in [9.17, 15) is 8.42 Å². The highest BCUT2D eigenvalue weighted by Crippen LogP contribution is 2.14. The van der Waals surface area contributed by atoms with Crippen LogP contribution in [0.3, 0.4) is 0 Å². The Morgan fingerprint density at radius 2 is 2.21 bits per heavy atom. The lowest BCUT2D eigenvalue weighted by Crippen LogP contribution is -2.36. The quantitative estimate of drug-likeness (QED) is 0.722. The maximum absolute atomic E-state index is 11.2. The highest BCUT2D eigenvalue weighted by molar-refractivity contribution is 7.91. The molecule has 82 valence electrons. The van der Waals surface area contributed by atoms with Crippen molar-refractivity contribution in [3.05, 3.63) is 0 Å². The third-order valence-electron chi connectivity index (χ3n) is 2.89. The summed E-state index contributed by atoms with van der Waals surface area (Å²) in [5, 5.41) is 3.27. The average Bonchev–Trinajstić information content (AvgIpc) is 2.70. The first-order chi connectivity index (χ1) is 6.66. The normalized spacial score (nSPS) is 36.3. The molecule has 2 saturated heterocycles. The molecule has 0 unspecified atom stereocenters. The number of nitrogens with one attached hydrogen (secondary N) is 1. The van der Waals surface area contributed by atoms with Gasteiger partial charge < -0.3 is 10.1 Å². The summed E-state index contributed by atoms with van der Waals surface area (Å²) < 4.78 is 27.8. The third kappa shape index (κ3) is 2.68. The molecule has 0 bridgehead atoms. The summed E-state index contributed by atoms with van der Waals surface area (Å²) in [6.07, 6.45) is 3.30. The van der Waals surface area contributed by atoms with E-state index in [0.29, 0.717) is 17.6 Å². The summed E-state index contributed by atoms with van der Waals surface area (Å²) >= 11 is 0. The zero-order chi connectivity index (χ0) is 10.0. The van der Waals surface area contributed by atoms with Crippen LogP contribution in [0.1, 0.15) is 19.3 Å². The minimum atomic E-state index is -2.74. The molecular weight excluding hydrogens is 202 g/mol. The minimum absolute atomic E-state index is 0.157. The van der Waals surface area contributed by atoms with Crippen molar-refractivity contribution in [2.24, 2.45) is 0 Å². The molecule has 0 amide bonds. The number of ether oxygens (including phenoxy) is 1. The standard InChI is InChI=1S/C9H17NO3S/c11-14(12)5-3-8(7-14)10-6-9-2-1-4-13-9/h8-10H,1-7H2/t8-,9-/m0/s1. The van der Waals surface area contributed by atoms with Gasteiger partial charge in [0.2, 0.25) is 0 Å². The number of sulfone groups is 1. The Morgan fingerprint density at radius 1 is 1.36 bits per heavy atom. The molecule has 2 fully saturated rings. The van der Waals surface area contributed by atoms with Gasteiger partial charge in [0.15, 0.2) is 9.84 Å². The van der Waals surface area contributed by atoms with Crippen LogP contribution in [-0.2, 0) is 14.6 Å². The fourth-order valence-electron chi connectivity index (χ4n) is 2.06. The second-order valence-corrected chi connectivity index (χ2v) is 6.37. The molecule has 0 radical (unpaired) electrons. The van der Waals surface area contributed by atoms with Gasteiger partial charge in [-0.1, -0.05) is 0 Å². The summed E-state index contributed by atoms with van der Waals surface area (Å²) in [5.41, 5.74) is 0. The summed E-state index contributed by atoms with van der Waals surface area (Å²) in [6.45, 7) is 1.66. The van der Waals surface area contributed by atoms with Crippen molar-refractivity contribution in [1.29, 1.82) is 0 Å². The molecule has 2 atom stereocenters. The second-order valence-electron chi connectivity index (χ2n) is 4.14. The maximum Gasteiger partial charge on any atom is 0.151 e. The van der Waals surface area contributed by atoms with Gasteiger partial charge in [0.05, 0.1) is 17.6 Å². The molecular formula is C9H17NO3S. The summed E-state index contributed by atoms with van der Waals surface area (Å²) in [5.74, 6) is 0.649. The molecule has 0 aliphatic carbocycles. The van der Waals surface area contributed by atoms with Crippen LogP contribution < -0.4 is 5.32 Å². The highest BCUT2D eigenvalue weighted by Gasteiger charge is 2.28. The molecule has 5 heteroatoms. The SMILES string of the molecule is O=S1(=O)CC[C@H](NC[C@@H]2CCCO2)C1. The second kappa shape index (κ2) is 4.16. The van der Waals surface area contributed by atoms with E-state index in [1.165, 1.54) is 0 Å². The molecule has 0 spiro atoms. The van der Waals surface area contributed by atoms with E-state index in [-0.39, 0.29) is 6.04 Å². The molecule has 1 N–H and O–H groups in total. The highest BCUT2D eigenvalue weighted by atomic mass is 32.2. The molecule has 2 heterocycles. The van der Waals surface area contributed by atoms with E-state index in [1.54, 1.807) is 0 Å². The Bertz CT molecular complexity index is 282. The maximum atomic E-state index is 11.2. The van der Waals surface area contributed by atoms with E-state index in [4.69, 9.17) is 4.74 Å². The van der Waals surface area contributed by atoms with Gasteiger partial charge in [-0.15, -0.1) is 0 Å². The van der Waals surface area contributed by atoms with Crippen LogP contribution >= 0.6 is 0 Å². The van der Waals surface area contributed by atoms with Crippen molar-refractivity contribution in [3.8, 4) is 0 Å². The number of hydrogen-bond donors (Lipinski definition) is 1. The molecule has 2 aliphatic rings. The van der Waals surface area contributed by atoms with Crippen LogP contribution in [0.4, 0.5) is 0 Å². The number of rotatable bonds is 3. The molecule has 2 rings (SSSR count). The van der Waals surface area contributed by atoms with Crippen molar-refractivity contribution in [3.63, 3.8) is 0 Å². The van der Waals surface area contributed by atoms with Crippen LogP contribution in [0.25, 0.3) is 0 Å². The molecule has 0 aromatic heterocycles. The van der Waals surface area contributed by atoms with Crippen molar-refractivity contribution in [2.75, 3.05) is 24.7 Å². The Hall–Kier alpha value is -0.130. The summed E-state index contributed by atoms with van der Waals surface area (Å²) in [4.78, 5) is 0. The fraction of sp³-hybridized carbons (Fsp3) is 1.00. The van der Waals surface area contributed by atoms with Gasteiger partial charge in [-0.25, -0.2) is 8.42 Å². The van der Waals surface area contributed by atoms with E-state index in [0.717, 1.165) is 32.4 Å². The Balaban J connectivity index is 1.71. The van der Waals surface area contributed by atoms with Crippen molar-refractivity contribution in [2.45, 2.75) is 31.4 Å². The first-order valence-corrected chi connectivity index (χ1v) is 7.03. The lowest BCUT2D eigenvalue weighted by atomic mass is 10.2. The third-order valence-corrected chi connectivity index (χ3v) is 4.66.